The number of benzene rings is 2. The van der Waals surface area contributed by atoms with Gasteiger partial charge in [-0.15, -0.1) is 0 Å². The lowest BCUT2D eigenvalue weighted by atomic mass is 9.98. The number of rotatable bonds is 5. The van der Waals surface area contributed by atoms with Crippen LogP contribution >= 0.6 is 11.6 Å². The zero-order chi connectivity index (χ0) is 28.8. The lowest BCUT2D eigenvalue weighted by Crippen LogP contribution is -2.53. The van der Waals surface area contributed by atoms with Gasteiger partial charge in [0, 0.05) is 75.7 Å². The number of methoxy groups -OCH3 is 1. The summed E-state index contributed by atoms with van der Waals surface area (Å²) in [5.74, 6) is 0.485. The van der Waals surface area contributed by atoms with Gasteiger partial charge in [0.05, 0.1) is 23.4 Å². The van der Waals surface area contributed by atoms with E-state index in [9.17, 15) is 9.59 Å². The average molecular weight is 562 g/mol. The number of halogens is 1. The molecule has 3 heterocycles. The number of aromatic nitrogens is 3. The van der Waals surface area contributed by atoms with Crippen LogP contribution in [0, 0.1) is 0 Å². The van der Waals surface area contributed by atoms with Crippen molar-refractivity contribution in [2.45, 2.75) is 26.3 Å². The van der Waals surface area contributed by atoms with Gasteiger partial charge in [-0.25, -0.2) is 4.79 Å². The molecule has 5 rings (SSSR count). The van der Waals surface area contributed by atoms with Crippen molar-refractivity contribution >= 4 is 17.3 Å². The predicted molar refractivity (Wildman–Crippen MR) is 162 cm³/mol. The summed E-state index contributed by atoms with van der Waals surface area (Å²) in [6.07, 6.45) is 5.16. The van der Waals surface area contributed by atoms with E-state index in [2.05, 4.69) is 42.7 Å². The Hall–Kier alpha value is -3.75. The second kappa shape index (κ2) is 10.7. The first-order valence-electron chi connectivity index (χ1n) is 13.4. The number of hydrogen-bond acceptors (Lipinski definition) is 5. The number of pyridine rings is 1. The highest BCUT2D eigenvalue weighted by molar-refractivity contribution is 6.32. The van der Waals surface area contributed by atoms with E-state index in [0.29, 0.717) is 27.6 Å². The molecule has 0 spiro atoms. The molecule has 0 unspecified atom stereocenters. The fraction of sp³-hybridized carbons (Fsp3) is 0.355. The maximum Gasteiger partial charge on any atom is 0.332 e. The number of anilines is 1. The first-order chi connectivity index (χ1) is 19.0. The summed E-state index contributed by atoms with van der Waals surface area (Å²) in [7, 11) is 5.00. The molecule has 0 bridgehead atoms. The van der Waals surface area contributed by atoms with E-state index in [1.54, 1.807) is 56.4 Å². The van der Waals surface area contributed by atoms with Crippen molar-refractivity contribution in [3.63, 3.8) is 0 Å². The van der Waals surface area contributed by atoms with Crippen molar-refractivity contribution < 1.29 is 4.74 Å². The Balaban J connectivity index is 1.54. The average Bonchev–Trinajstić information content (AvgIpc) is 3.27. The highest BCUT2D eigenvalue weighted by Gasteiger charge is 2.26. The van der Waals surface area contributed by atoms with Gasteiger partial charge in [0.15, 0.2) is 0 Å². The summed E-state index contributed by atoms with van der Waals surface area (Å²) in [5, 5.41) is 0.358. The van der Waals surface area contributed by atoms with Crippen LogP contribution in [0.15, 0.2) is 70.6 Å². The highest BCUT2D eigenvalue weighted by atomic mass is 35.5. The van der Waals surface area contributed by atoms with Gasteiger partial charge in [0.2, 0.25) is 0 Å². The topological polar surface area (TPSA) is 64.6 Å². The van der Waals surface area contributed by atoms with E-state index in [1.165, 1.54) is 9.13 Å². The third-order valence-electron chi connectivity index (χ3n) is 7.73. The third kappa shape index (κ3) is 5.09. The van der Waals surface area contributed by atoms with Crippen LogP contribution in [0.1, 0.15) is 20.8 Å². The molecule has 1 fully saturated rings. The van der Waals surface area contributed by atoms with Crippen LogP contribution in [0.3, 0.4) is 0 Å². The summed E-state index contributed by atoms with van der Waals surface area (Å²) in [6, 6.07) is 13.7. The van der Waals surface area contributed by atoms with Crippen LogP contribution in [0.25, 0.3) is 27.9 Å². The first kappa shape index (κ1) is 27.8. The largest absolute Gasteiger partial charge is 0.495 e. The Morgan fingerprint density at radius 1 is 0.875 bits per heavy atom. The second-order valence-corrected chi connectivity index (χ2v) is 11.7. The molecule has 0 N–H and O–H groups in total. The van der Waals surface area contributed by atoms with Gasteiger partial charge in [0.1, 0.15) is 5.75 Å². The van der Waals surface area contributed by atoms with Crippen LogP contribution in [0.5, 0.6) is 5.75 Å². The lowest BCUT2D eigenvalue weighted by Gasteiger charge is -2.43. The minimum atomic E-state index is -0.204. The Labute approximate surface area is 239 Å². The van der Waals surface area contributed by atoms with Crippen molar-refractivity contribution in [2.24, 2.45) is 14.1 Å². The molecule has 0 saturated carbocycles. The molecule has 1 aliphatic rings. The summed E-state index contributed by atoms with van der Waals surface area (Å²) in [5.41, 5.74) is 4.25. The van der Waals surface area contributed by atoms with E-state index < -0.39 is 0 Å². The molecule has 40 heavy (non-hydrogen) atoms. The van der Waals surface area contributed by atoms with Gasteiger partial charge in [-0.3, -0.25) is 14.3 Å². The molecule has 0 aliphatic carbocycles. The Morgan fingerprint density at radius 3 is 2.20 bits per heavy atom. The SMILES string of the molecule is COc1c(-c2cccc(N3CCN(C(C)(C)C)CC3)c2)cn(C)c(=O)c1-c1ccc(-n2ccn(C)c2=O)c(Cl)c1. The van der Waals surface area contributed by atoms with Crippen LogP contribution in [-0.2, 0) is 14.1 Å². The van der Waals surface area contributed by atoms with Gasteiger partial charge in [-0.2, -0.15) is 0 Å². The van der Waals surface area contributed by atoms with Crippen LogP contribution in [0.2, 0.25) is 5.02 Å². The number of piperazine rings is 1. The molecule has 1 aliphatic heterocycles. The molecule has 0 atom stereocenters. The van der Waals surface area contributed by atoms with E-state index in [-0.39, 0.29) is 16.8 Å². The molecule has 2 aromatic carbocycles. The maximum absolute atomic E-state index is 13.5. The molecule has 210 valence electrons. The summed E-state index contributed by atoms with van der Waals surface area (Å²) >= 11 is 6.66. The second-order valence-electron chi connectivity index (χ2n) is 11.3. The van der Waals surface area contributed by atoms with Gasteiger partial charge in [0.25, 0.3) is 5.56 Å². The molecule has 4 aromatic rings. The monoisotopic (exact) mass is 561 g/mol. The fourth-order valence-corrected chi connectivity index (χ4v) is 5.67. The molecule has 2 aromatic heterocycles. The Morgan fingerprint density at radius 2 is 1.60 bits per heavy atom. The van der Waals surface area contributed by atoms with Crippen LogP contribution < -0.4 is 20.9 Å². The van der Waals surface area contributed by atoms with Crippen LogP contribution in [-0.4, -0.2) is 57.4 Å². The van der Waals surface area contributed by atoms with Gasteiger partial charge >= 0.3 is 5.69 Å². The Bertz CT molecular complexity index is 1670. The smallest absolute Gasteiger partial charge is 0.332 e. The molecule has 0 amide bonds. The normalized spacial score (nSPS) is 14.5. The minimum Gasteiger partial charge on any atom is -0.495 e. The summed E-state index contributed by atoms with van der Waals surface area (Å²) in [4.78, 5) is 30.8. The van der Waals surface area contributed by atoms with Crippen LogP contribution in [0.4, 0.5) is 5.69 Å². The standard InChI is InChI=1S/C31H36ClN5O3/c1-31(2,3)36-15-13-35(14-16-36)23-9-7-8-21(18-23)24-20-34(5)29(38)27(28(24)40-6)22-10-11-26(25(32)19-22)37-17-12-33(4)30(37)39/h7-12,17-20H,13-16H2,1-6H3. The molecular weight excluding hydrogens is 526 g/mol. The third-order valence-corrected chi connectivity index (χ3v) is 8.03. The number of hydrogen-bond donors (Lipinski definition) is 0. The molecule has 1 saturated heterocycles. The van der Waals surface area contributed by atoms with Gasteiger partial charge in [-0.1, -0.05) is 29.8 Å². The van der Waals surface area contributed by atoms with Crippen molar-refractivity contribution in [2.75, 3.05) is 38.2 Å². The first-order valence-corrected chi connectivity index (χ1v) is 13.8. The van der Waals surface area contributed by atoms with Crippen molar-refractivity contribution in [1.82, 2.24) is 18.6 Å². The zero-order valence-electron chi connectivity index (χ0n) is 23.9. The fourth-order valence-electron chi connectivity index (χ4n) is 5.40. The molecular formula is C31H36ClN5O3. The highest BCUT2D eigenvalue weighted by Crippen LogP contribution is 2.39. The summed E-state index contributed by atoms with van der Waals surface area (Å²) in [6.45, 7) is 10.7. The van der Waals surface area contributed by atoms with E-state index >= 15 is 0 Å². The minimum absolute atomic E-state index is 0.157. The maximum atomic E-state index is 13.5. The number of aryl methyl sites for hydroxylation is 2. The quantitative estimate of drug-likeness (QED) is 0.350. The number of imidazole rings is 1. The zero-order valence-corrected chi connectivity index (χ0v) is 24.7. The van der Waals surface area contributed by atoms with E-state index in [1.807, 2.05) is 18.3 Å². The van der Waals surface area contributed by atoms with E-state index in [4.69, 9.17) is 16.3 Å². The lowest BCUT2D eigenvalue weighted by molar-refractivity contribution is 0.128. The predicted octanol–water partition coefficient (Wildman–Crippen LogP) is 4.79. The van der Waals surface area contributed by atoms with E-state index in [0.717, 1.165) is 43.0 Å². The molecule has 9 heteroatoms. The van der Waals surface area contributed by atoms with Crippen molar-refractivity contribution in [3.8, 4) is 33.7 Å². The Kier molecular flexibility index (Phi) is 7.42. The van der Waals surface area contributed by atoms with Crippen molar-refractivity contribution in [3.05, 3.63) is 86.9 Å². The molecule has 8 nitrogen and oxygen atoms in total. The van der Waals surface area contributed by atoms with Crippen molar-refractivity contribution in [1.29, 1.82) is 0 Å². The summed E-state index contributed by atoms with van der Waals surface area (Å²) < 4.78 is 10.4. The van der Waals surface area contributed by atoms with Gasteiger partial charge < -0.3 is 18.8 Å². The molecule has 0 radical (unpaired) electrons. The van der Waals surface area contributed by atoms with Gasteiger partial charge in [-0.05, 0) is 56.2 Å². The number of nitrogens with zero attached hydrogens (tertiary/aromatic N) is 5. The number of ether oxygens (including phenoxy) is 1.